The molecule has 0 N–H and O–H groups in total. The molecule has 0 spiro atoms. The lowest BCUT2D eigenvalue weighted by molar-refractivity contribution is -0.138. The van der Waals surface area contributed by atoms with Crippen LogP contribution >= 0.6 is 11.6 Å². The van der Waals surface area contributed by atoms with Crippen molar-refractivity contribution in [2.24, 2.45) is 0 Å². The first kappa shape index (κ1) is 24.6. The van der Waals surface area contributed by atoms with Crippen molar-refractivity contribution < 1.29 is 31.1 Å². The second kappa shape index (κ2) is 9.46. The lowest BCUT2D eigenvalue weighted by Gasteiger charge is -2.25. The van der Waals surface area contributed by atoms with Gasteiger partial charge in [-0.25, -0.2) is 17.7 Å². The molecule has 2 aromatic heterocycles. The van der Waals surface area contributed by atoms with Crippen molar-refractivity contribution in [3.63, 3.8) is 0 Å². The van der Waals surface area contributed by atoms with E-state index in [2.05, 4.69) is 9.97 Å². The summed E-state index contributed by atoms with van der Waals surface area (Å²) in [5.41, 5.74) is -1.60. The molecule has 0 atom stereocenters. The van der Waals surface area contributed by atoms with Gasteiger partial charge in [-0.05, 0) is 42.8 Å². The largest absolute Gasteiger partial charge is 0.416 e. The van der Waals surface area contributed by atoms with Crippen molar-refractivity contribution in [2.75, 3.05) is 18.1 Å². The van der Waals surface area contributed by atoms with E-state index in [0.717, 1.165) is 18.3 Å². The number of hydrogen-bond acceptors (Lipinski definition) is 6. The van der Waals surface area contributed by atoms with Crippen molar-refractivity contribution in [1.29, 1.82) is 0 Å². The highest BCUT2D eigenvalue weighted by Crippen LogP contribution is 2.35. The standard InChI is InChI=1S/C21H17ClF3N3O4S/c1-13-3-4-16(10-17(13)21(23,24)25)33(30,31)28(12-32-2)18-9-15(22)11-27-19(18)20(29)14-5-7-26-8-6-14/h3-11H,12H2,1-2H3. The maximum Gasteiger partial charge on any atom is 0.416 e. The maximum atomic E-state index is 13.4. The number of sulfonamides is 1. The Balaban J connectivity index is 2.20. The first-order chi connectivity index (χ1) is 15.5. The summed E-state index contributed by atoms with van der Waals surface area (Å²) < 4.78 is 72.7. The van der Waals surface area contributed by atoms with E-state index in [1.807, 2.05) is 0 Å². The molecule has 2 heterocycles. The van der Waals surface area contributed by atoms with E-state index in [1.165, 1.54) is 44.6 Å². The summed E-state index contributed by atoms with van der Waals surface area (Å²) in [5, 5.41) is 0.00691. The van der Waals surface area contributed by atoms with Crippen molar-refractivity contribution in [3.8, 4) is 0 Å². The third kappa shape index (κ3) is 5.15. The summed E-state index contributed by atoms with van der Waals surface area (Å²) in [4.78, 5) is 20.2. The molecular weight excluding hydrogens is 483 g/mol. The minimum Gasteiger partial charge on any atom is -0.363 e. The molecule has 33 heavy (non-hydrogen) atoms. The highest BCUT2D eigenvalue weighted by atomic mass is 35.5. The Labute approximate surface area is 192 Å². The molecule has 7 nitrogen and oxygen atoms in total. The minimum atomic E-state index is -4.76. The normalized spacial score (nSPS) is 11.9. The fourth-order valence-electron chi connectivity index (χ4n) is 3.01. The second-order valence-electron chi connectivity index (χ2n) is 6.83. The molecule has 0 bridgehead atoms. The van der Waals surface area contributed by atoms with Crippen LogP contribution in [0, 0.1) is 6.92 Å². The molecule has 0 aliphatic heterocycles. The minimum absolute atomic E-state index is 0.00691. The summed E-state index contributed by atoms with van der Waals surface area (Å²) in [6.07, 6.45) is -0.860. The monoisotopic (exact) mass is 499 g/mol. The van der Waals surface area contributed by atoms with E-state index < -0.39 is 39.2 Å². The van der Waals surface area contributed by atoms with Crippen LogP contribution in [0.5, 0.6) is 0 Å². The number of benzene rings is 1. The van der Waals surface area contributed by atoms with Crippen molar-refractivity contribution in [1.82, 2.24) is 9.97 Å². The quantitative estimate of drug-likeness (QED) is 0.351. The first-order valence-electron chi connectivity index (χ1n) is 9.26. The zero-order valence-electron chi connectivity index (χ0n) is 17.3. The molecule has 1 aromatic carbocycles. The van der Waals surface area contributed by atoms with Crippen LogP contribution in [-0.2, 0) is 20.9 Å². The van der Waals surface area contributed by atoms with Crippen LogP contribution in [0.25, 0.3) is 0 Å². The predicted molar refractivity (Wildman–Crippen MR) is 115 cm³/mol. The van der Waals surface area contributed by atoms with Crippen LogP contribution in [0.3, 0.4) is 0 Å². The van der Waals surface area contributed by atoms with Gasteiger partial charge in [0.05, 0.1) is 21.2 Å². The molecule has 0 aliphatic carbocycles. The van der Waals surface area contributed by atoms with Gasteiger partial charge in [0.25, 0.3) is 10.0 Å². The Morgan fingerprint density at radius 1 is 1.15 bits per heavy atom. The topological polar surface area (TPSA) is 89.5 Å². The Morgan fingerprint density at radius 2 is 1.82 bits per heavy atom. The van der Waals surface area contributed by atoms with Crippen LogP contribution in [0.4, 0.5) is 18.9 Å². The fraction of sp³-hybridized carbons (Fsp3) is 0.190. The van der Waals surface area contributed by atoms with Gasteiger partial charge in [0.15, 0.2) is 0 Å². The highest BCUT2D eigenvalue weighted by Gasteiger charge is 2.36. The number of anilines is 1. The molecular formula is C21H17ClF3N3O4S. The molecule has 0 saturated heterocycles. The fourth-order valence-corrected chi connectivity index (χ4v) is 4.57. The van der Waals surface area contributed by atoms with Gasteiger partial charge in [-0.3, -0.25) is 9.78 Å². The average molecular weight is 500 g/mol. The third-order valence-corrected chi connectivity index (χ3v) is 6.55. The molecule has 0 amide bonds. The van der Waals surface area contributed by atoms with Crippen LogP contribution < -0.4 is 4.31 Å². The molecule has 0 radical (unpaired) electrons. The molecule has 0 fully saturated rings. The first-order valence-corrected chi connectivity index (χ1v) is 11.1. The van der Waals surface area contributed by atoms with E-state index in [1.54, 1.807) is 0 Å². The molecule has 0 unspecified atom stereocenters. The number of rotatable bonds is 7. The number of carbonyl (C=O) groups is 1. The van der Waals surface area contributed by atoms with E-state index in [4.69, 9.17) is 16.3 Å². The second-order valence-corrected chi connectivity index (χ2v) is 9.13. The lowest BCUT2D eigenvalue weighted by Crippen LogP contribution is -2.34. The van der Waals surface area contributed by atoms with E-state index in [9.17, 15) is 26.4 Å². The summed E-state index contributed by atoms with van der Waals surface area (Å²) in [6, 6.07) is 6.64. The molecule has 0 aliphatic rings. The average Bonchev–Trinajstić information content (AvgIpc) is 2.76. The zero-order chi connectivity index (χ0) is 24.4. The predicted octanol–water partition coefficient (Wildman–Crippen LogP) is 4.49. The van der Waals surface area contributed by atoms with Gasteiger partial charge in [0.2, 0.25) is 5.78 Å². The van der Waals surface area contributed by atoms with Crippen LogP contribution in [-0.4, -0.2) is 38.0 Å². The van der Waals surface area contributed by atoms with E-state index in [-0.39, 0.29) is 27.5 Å². The number of pyridine rings is 2. The van der Waals surface area contributed by atoms with Gasteiger partial charge in [0.1, 0.15) is 12.4 Å². The van der Waals surface area contributed by atoms with Crippen LogP contribution in [0.15, 0.2) is 59.9 Å². The number of hydrogen-bond donors (Lipinski definition) is 0. The molecule has 0 saturated carbocycles. The van der Waals surface area contributed by atoms with Gasteiger partial charge in [-0.15, -0.1) is 0 Å². The Hall–Kier alpha value is -3.02. The number of halogens is 4. The lowest BCUT2D eigenvalue weighted by atomic mass is 10.1. The number of methoxy groups -OCH3 is 1. The number of alkyl halides is 3. The van der Waals surface area contributed by atoms with E-state index in [0.29, 0.717) is 10.4 Å². The number of ketones is 1. The summed E-state index contributed by atoms with van der Waals surface area (Å²) in [6.45, 7) is 0.606. The van der Waals surface area contributed by atoms with E-state index >= 15 is 0 Å². The Morgan fingerprint density at radius 3 is 2.42 bits per heavy atom. The van der Waals surface area contributed by atoms with Crippen molar-refractivity contribution >= 4 is 33.1 Å². The number of carbonyl (C=O) groups excluding carboxylic acids is 1. The maximum absolute atomic E-state index is 13.4. The number of ether oxygens (including phenoxy) is 1. The molecule has 174 valence electrons. The Bertz CT molecular complexity index is 1290. The van der Waals surface area contributed by atoms with Gasteiger partial charge in [-0.2, -0.15) is 13.2 Å². The van der Waals surface area contributed by atoms with Crippen molar-refractivity contribution in [3.05, 3.63) is 82.4 Å². The third-order valence-electron chi connectivity index (χ3n) is 4.61. The summed E-state index contributed by atoms with van der Waals surface area (Å²) in [5.74, 6) is -0.639. The summed E-state index contributed by atoms with van der Waals surface area (Å²) in [7, 11) is -3.43. The van der Waals surface area contributed by atoms with Gasteiger partial charge < -0.3 is 4.74 Å². The number of nitrogens with zero attached hydrogens (tertiary/aromatic N) is 3. The van der Waals surface area contributed by atoms with Gasteiger partial charge in [-0.1, -0.05) is 17.7 Å². The zero-order valence-corrected chi connectivity index (χ0v) is 18.9. The van der Waals surface area contributed by atoms with Crippen LogP contribution in [0.1, 0.15) is 27.2 Å². The highest BCUT2D eigenvalue weighted by molar-refractivity contribution is 7.92. The summed E-state index contributed by atoms with van der Waals surface area (Å²) >= 11 is 6.02. The number of aryl methyl sites for hydroxylation is 1. The molecule has 3 aromatic rings. The molecule has 12 heteroatoms. The Kier molecular flexibility index (Phi) is 7.06. The van der Waals surface area contributed by atoms with Gasteiger partial charge in [0, 0.05) is 31.3 Å². The van der Waals surface area contributed by atoms with Gasteiger partial charge >= 0.3 is 6.18 Å². The number of aromatic nitrogens is 2. The smallest absolute Gasteiger partial charge is 0.363 e. The van der Waals surface area contributed by atoms with Crippen molar-refractivity contribution in [2.45, 2.75) is 18.0 Å². The van der Waals surface area contributed by atoms with Crippen LogP contribution in [0.2, 0.25) is 5.02 Å². The SMILES string of the molecule is COCN(c1cc(Cl)cnc1C(=O)c1ccncc1)S(=O)(=O)c1ccc(C)c(C(F)(F)F)c1. The molecule has 3 rings (SSSR count).